The van der Waals surface area contributed by atoms with Gasteiger partial charge in [0, 0.05) is 18.8 Å². The Bertz CT molecular complexity index is 319. The van der Waals surface area contributed by atoms with E-state index in [1.807, 2.05) is 0 Å². The average Bonchev–Trinajstić information content (AvgIpc) is 3.03. The third kappa shape index (κ3) is 3.40. The average molecular weight is 275 g/mol. The van der Waals surface area contributed by atoms with Crippen molar-refractivity contribution < 1.29 is 0 Å². The Morgan fingerprint density at radius 2 is 1.75 bits per heavy atom. The fourth-order valence-corrected chi connectivity index (χ4v) is 4.92. The van der Waals surface area contributed by atoms with Crippen LogP contribution in [0.15, 0.2) is 11.8 Å². The summed E-state index contributed by atoms with van der Waals surface area (Å²) in [5.74, 6) is 3.14. The van der Waals surface area contributed by atoms with Gasteiger partial charge in [-0.05, 0) is 62.7 Å². The second-order valence-electron chi connectivity index (χ2n) is 7.49. The summed E-state index contributed by atoms with van der Waals surface area (Å²) in [5, 5.41) is 0. The molecule has 3 aliphatic rings. The lowest BCUT2D eigenvalue weighted by atomic mass is 9.71. The highest BCUT2D eigenvalue weighted by molar-refractivity contribution is 5.07. The number of hydrogen-bond donors (Lipinski definition) is 0. The number of hydrogen-bond acceptors (Lipinski definition) is 1. The molecular weight excluding hydrogens is 242 g/mol. The molecule has 1 unspecified atom stereocenters. The van der Waals surface area contributed by atoms with Crippen LogP contribution in [-0.4, -0.2) is 18.0 Å². The van der Waals surface area contributed by atoms with Crippen LogP contribution in [0.5, 0.6) is 0 Å². The molecule has 114 valence electrons. The van der Waals surface area contributed by atoms with Crippen LogP contribution in [0.25, 0.3) is 0 Å². The highest BCUT2D eigenvalue weighted by Gasteiger charge is 2.29. The highest BCUT2D eigenvalue weighted by atomic mass is 15.1. The molecule has 0 spiro atoms. The Morgan fingerprint density at radius 1 is 1.00 bits per heavy atom. The molecule has 0 radical (unpaired) electrons. The first-order valence-corrected chi connectivity index (χ1v) is 9.30. The Kier molecular flexibility index (Phi) is 5.07. The molecule has 0 amide bonds. The normalized spacial score (nSPS) is 35.1. The van der Waals surface area contributed by atoms with Gasteiger partial charge in [-0.25, -0.2) is 0 Å². The van der Waals surface area contributed by atoms with E-state index in [-0.39, 0.29) is 0 Å². The number of nitrogens with zero attached hydrogens (tertiary/aromatic N) is 1. The lowest BCUT2D eigenvalue weighted by Crippen LogP contribution is -2.26. The van der Waals surface area contributed by atoms with Gasteiger partial charge >= 0.3 is 0 Å². The predicted octanol–water partition coefficient (Wildman–Crippen LogP) is 5.37. The quantitative estimate of drug-likeness (QED) is 0.666. The first-order valence-electron chi connectivity index (χ1n) is 9.30. The summed E-state index contributed by atoms with van der Waals surface area (Å²) < 4.78 is 0. The molecule has 1 heterocycles. The maximum absolute atomic E-state index is 2.66. The zero-order chi connectivity index (χ0) is 13.8. The maximum atomic E-state index is 2.66. The van der Waals surface area contributed by atoms with E-state index in [0.29, 0.717) is 0 Å². The van der Waals surface area contributed by atoms with E-state index in [4.69, 9.17) is 0 Å². The zero-order valence-corrected chi connectivity index (χ0v) is 13.4. The van der Waals surface area contributed by atoms with Gasteiger partial charge in [-0.2, -0.15) is 0 Å². The van der Waals surface area contributed by atoms with E-state index in [0.717, 1.165) is 17.8 Å². The van der Waals surface area contributed by atoms with E-state index < -0.39 is 0 Å². The summed E-state index contributed by atoms with van der Waals surface area (Å²) in [7, 11) is 0. The summed E-state index contributed by atoms with van der Waals surface area (Å²) >= 11 is 0. The van der Waals surface area contributed by atoms with Gasteiger partial charge in [0.1, 0.15) is 0 Å². The van der Waals surface area contributed by atoms with Crippen molar-refractivity contribution in [2.75, 3.05) is 13.1 Å². The number of allylic oxidation sites excluding steroid dienone is 2. The van der Waals surface area contributed by atoms with Crippen LogP contribution >= 0.6 is 0 Å². The van der Waals surface area contributed by atoms with Gasteiger partial charge in [-0.1, -0.05) is 38.7 Å². The molecule has 1 saturated heterocycles. The minimum absolute atomic E-state index is 1.02. The zero-order valence-electron chi connectivity index (χ0n) is 13.4. The van der Waals surface area contributed by atoms with Gasteiger partial charge in [-0.3, -0.25) is 0 Å². The Hall–Kier alpha value is -0.460. The van der Waals surface area contributed by atoms with Gasteiger partial charge in [-0.15, -0.1) is 0 Å². The lowest BCUT2D eigenvalue weighted by Gasteiger charge is -2.36. The Balaban J connectivity index is 1.46. The van der Waals surface area contributed by atoms with E-state index in [9.17, 15) is 0 Å². The minimum atomic E-state index is 1.02. The smallest absolute Gasteiger partial charge is 0.0175 e. The van der Waals surface area contributed by atoms with Gasteiger partial charge in [0.05, 0.1) is 0 Å². The number of rotatable bonds is 4. The monoisotopic (exact) mass is 275 g/mol. The molecule has 1 nitrogen and oxygen atoms in total. The van der Waals surface area contributed by atoms with E-state index in [1.54, 1.807) is 5.70 Å². The SMILES string of the molecule is CCC[C@H]1CC[C@H](C2CC=C(N3CCCC3)CC2)CC1. The molecule has 1 heteroatoms. The molecule has 0 aromatic heterocycles. The first kappa shape index (κ1) is 14.5. The summed E-state index contributed by atoms with van der Waals surface area (Å²) in [6, 6.07) is 0. The van der Waals surface area contributed by atoms with Gasteiger partial charge < -0.3 is 4.90 Å². The van der Waals surface area contributed by atoms with Crippen molar-refractivity contribution in [1.29, 1.82) is 0 Å². The van der Waals surface area contributed by atoms with Crippen LogP contribution in [0.4, 0.5) is 0 Å². The summed E-state index contributed by atoms with van der Waals surface area (Å²) in [4.78, 5) is 2.66. The maximum Gasteiger partial charge on any atom is 0.0175 e. The van der Waals surface area contributed by atoms with Crippen LogP contribution in [0.3, 0.4) is 0 Å². The van der Waals surface area contributed by atoms with Crippen LogP contribution in [0, 0.1) is 17.8 Å². The van der Waals surface area contributed by atoms with E-state index in [1.165, 1.54) is 83.7 Å². The third-order valence-electron chi connectivity index (χ3n) is 6.19. The van der Waals surface area contributed by atoms with Crippen molar-refractivity contribution in [1.82, 2.24) is 4.90 Å². The molecule has 2 aliphatic carbocycles. The van der Waals surface area contributed by atoms with Crippen molar-refractivity contribution in [2.45, 2.75) is 77.6 Å². The van der Waals surface area contributed by atoms with Gasteiger partial charge in [0.15, 0.2) is 0 Å². The largest absolute Gasteiger partial charge is 0.375 e. The summed E-state index contributed by atoms with van der Waals surface area (Å²) in [6.45, 7) is 5.01. The third-order valence-corrected chi connectivity index (χ3v) is 6.19. The predicted molar refractivity (Wildman–Crippen MR) is 86.6 cm³/mol. The van der Waals surface area contributed by atoms with Gasteiger partial charge in [0.25, 0.3) is 0 Å². The number of likely N-dealkylation sites (tertiary alicyclic amines) is 1. The lowest BCUT2D eigenvalue weighted by molar-refractivity contribution is 0.182. The van der Waals surface area contributed by atoms with Crippen LogP contribution in [0.2, 0.25) is 0 Å². The highest BCUT2D eigenvalue weighted by Crippen LogP contribution is 2.41. The van der Waals surface area contributed by atoms with E-state index in [2.05, 4.69) is 17.9 Å². The molecule has 1 aliphatic heterocycles. The second-order valence-corrected chi connectivity index (χ2v) is 7.49. The fraction of sp³-hybridized carbons (Fsp3) is 0.895. The fourth-order valence-electron chi connectivity index (χ4n) is 4.92. The topological polar surface area (TPSA) is 3.24 Å². The molecule has 1 atom stereocenters. The summed E-state index contributed by atoms with van der Waals surface area (Å²) in [6.07, 6.45) is 18.7. The molecular formula is C19H33N. The van der Waals surface area contributed by atoms with Gasteiger partial charge in [0.2, 0.25) is 0 Å². The molecule has 0 N–H and O–H groups in total. The standard InChI is InChI=1S/C19H33N/c1-2-5-16-6-8-17(9-7-16)18-10-12-19(13-11-18)20-14-3-4-15-20/h12,16-18H,2-11,13-15H2,1H3/t16-,17-,18?. The molecule has 0 bridgehead atoms. The van der Waals surface area contributed by atoms with Crippen molar-refractivity contribution in [3.05, 3.63) is 11.8 Å². The van der Waals surface area contributed by atoms with E-state index >= 15 is 0 Å². The Morgan fingerprint density at radius 3 is 2.35 bits per heavy atom. The van der Waals surface area contributed by atoms with Crippen LogP contribution in [0.1, 0.15) is 77.6 Å². The molecule has 20 heavy (non-hydrogen) atoms. The first-order chi connectivity index (χ1) is 9.86. The van der Waals surface area contributed by atoms with Crippen LogP contribution in [-0.2, 0) is 0 Å². The summed E-state index contributed by atoms with van der Waals surface area (Å²) in [5.41, 5.74) is 1.69. The van der Waals surface area contributed by atoms with Crippen molar-refractivity contribution in [2.24, 2.45) is 17.8 Å². The van der Waals surface area contributed by atoms with Crippen LogP contribution < -0.4 is 0 Å². The Labute approximate surface area is 125 Å². The minimum Gasteiger partial charge on any atom is -0.375 e. The molecule has 1 saturated carbocycles. The molecule has 3 rings (SSSR count). The molecule has 0 aromatic rings. The second kappa shape index (κ2) is 7.00. The molecule has 2 fully saturated rings. The van der Waals surface area contributed by atoms with Crippen molar-refractivity contribution in [3.8, 4) is 0 Å². The molecule has 0 aromatic carbocycles. The van der Waals surface area contributed by atoms with Crippen molar-refractivity contribution in [3.63, 3.8) is 0 Å². The van der Waals surface area contributed by atoms with Crippen molar-refractivity contribution >= 4 is 0 Å².